The molecule has 0 bridgehead atoms. The maximum Gasteiger partial charge on any atom is 0.241 e. The molecule has 0 aliphatic rings. The van der Waals surface area contributed by atoms with Crippen molar-refractivity contribution in [3.63, 3.8) is 0 Å². The highest BCUT2D eigenvalue weighted by molar-refractivity contribution is 7.89. The van der Waals surface area contributed by atoms with Crippen LogP contribution in [0.1, 0.15) is 11.1 Å². The molecule has 0 aliphatic carbocycles. The van der Waals surface area contributed by atoms with Crippen molar-refractivity contribution >= 4 is 10.0 Å². The summed E-state index contributed by atoms with van der Waals surface area (Å²) in [6, 6.07) is 10.7. The Morgan fingerprint density at radius 3 is 2.62 bits per heavy atom. The topological polar surface area (TPSA) is 55.4 Å². The summed E-state index contributed by atoms with van der Waals surface area (Å²) in [6.07, 6.45) is 0. The van der Waals surface area contributed by atoms with Crippen LogP contribution in [0.25, 0.3) is 0 Å². The molecule has 2 rings (SSSR count). The summed E-state index contributed by atoms with van der Waals surface area (Å²) in [5, 5.41) is 0. The van der Waals surface area contributed by atoms with Crippen molar-refractivity contribution < 1.29 is 17.5 Å². The summed E-state index contributed by atoms with van der Waals surface area (Å²) in [4.78, 5) is 0.0757. The van der Waals surface area contributed by atoms with Crippen LogP contribution in [0.5, 0.6) is 5.75 Å². The third-order valence-electron chi connectivity index (χ3n) is 3.03. The molecule has 0 atom stereocenters. The number of rotatable bonds is 5. The van der Waals surface area contributed by atoms with E-state index >= 15 is 0 Å². The lowest BCUT2D eigenvalue weighted by atomic mass is 10.2. The highest BCUT2D eigenvalue weighted by atomic mass is 32.2. The number of nitrogens with one attached hydrogen (secondary N) is 1. The summed E-state index contributed by atoms with van der Waals surface area (Å²) >= 11 is 0. The van der Waals surface area contributed by atoms with Gasteiger partial charge in [-0.25, -0.2) is 17.5 Å². The Labute approximate surface area is 123 Å². The van der Waals surface area contributed by atoms with Crippen LogP contribution < -0.4 is 9.46 Å². The highest BCUT2D eigenvalue weighted by Gasteiger charge is 2.16. The highest BCUT2D eigenvalue weighted by Crippen LogP contribution is 2.17. The quantitative estimate of drug-likeness (QED) is 0.923. The molecule has 2 aromatic rings. The van der Waals surface area contributed by atoms with E-state index in [2.05, 4.69) is 4.72 Å². The Balaban J connectivity index is 2.17. The fraction of sp³-hybridized carbons (Fsp3) is 0.200. The van der Waals surface area contributed by atoms with E-state index in [0.29, 0.717) is 11.3 Å². The van der Waals surface area contributed by atoms with Gasteiger partial charge in [0.2, 0.25) is 10.0 Å². The molecule has 2 aromatic carbocycles. The van der Waals surface area contributed by atoms with E-state index < -0.39 is 15.8 Å². The number of methoxy groups -OCH3 is 1. The number of hydrogen-bond donors (Lipinski definition) is 1. The first-order valence-electron chi connectivity index (χ1n) is 6.31. The molecule has 0 saturated heterocycles. The van der Waals surface area contributed by atoms with Gasteiger partial charge in [0.15, 0.2) is 0 Å². The zero-order chi connectivity index (χ0) is 15.5. The molecule has 0 heterocycles. The van der Waals surface area contributed by atoms with Gasteiger partial charge in [-0.2, -0.15) is 0 Å². The summed E-state index contributed by atoms with van der Waals surface area (Å²) in [7, 11) is -2.14. The predicted octanol–water partition coefficient (Wildman–Crippen LogP) is 2.62. The van der Waals surface area contributed by atoms with Gasteiger partial charge in [-0.1, -0.05) is 12.1 Å². The SMILES string of the molecule is COc1cccc(CNS(=O)(=O)c2ccc(F)cc2C)c1. The van der Waals surface area contributed by atoms with E-state index in [4.69, 9.17) is 4.74 Å². The van der Waals surface area contributed by atoms with Crippen molar-refractivity contribution in [2.24, 2.45) is 0 Å². The third kappa shape index (κ3) is 3.80. The smallest absolute Gasteiger partial charge is 0.241 e. The summed E-state index contributed by atoms with van der Waals surface area (Å²) in [5.41, 5.74) is 1.14. The van der Waals surface area contributed by atoms with Crippen molar-refractivity contribution in [2.75, 3.05) is 7.11 Å². The van der Waals surface area contributed by atoms with Crippen LogP contribution in [0.4, 0.5) is 4.39 Å². The predicted molar refractivity (Wildman–Crippen MR) is 78.2 cm³/mol. The molecule has 1 N–H and O–H groups in total. The first-order valence-corrected chi connectivity index (χ1v) is 7.79. The average molecular weight is 309 g/mol. The second kappa shape index (κ2) is 6.24. The summed E-state index contributed by atoms with van der Waals surface area (Å²) < 4.78 is 45.1. The minimum Gasteiger partial charge on any atom is -0.497 e. The number of aryl methyl sites for hydroxylation is 1. The van der Waals surface area contributed by atoms with Gasteiger partial charge in [-0.15, -0.1) is 0 Å². The zero-order valence-corrected chi connectivity index (χ0v) is 12.6. The lowest BCUT2D eigenvalue weighted by molar-refractivity contribution is 0.414. The van der Waals surface area contributed by atoms with Gasteiger partial charge in [0.05, 0.1) is 12.0 Å². The molecular formula is C15H16FNO3S. The van der Waals surface area contributed by atoms with Crippen molar-refractivity contribution in [3.05, 3.63) is 59.4 Å². The number of benzene rings is 2. The molecule has 0 saturated carbocycles. The standard InChI is InChI=1S/C15H16FNO3S/c1-11-8-13(16)6-7-15(11)21(18,19)17-10-12-4-3-5-14(9-12)20-2/h3-9,17H,10H2,1-2H3. The molecule has 0 spiro atoms. The van der Waals surface area contributed by atoms with E-state index in [1.165, 1.54) is 12.1 Å². The monoisotopic (exact) mass is 309 g/mol. The van der Waals surface area contributed by atoms with Crippen molar-refractivity contribution in [1.29, 1.82) is 0 Å². The Hall–Kier alpha value is -1.92. The molecule has 112 valence electrons. The minimum absolute atomic E-state index is 0.0757. The fourth-order valence-electron chi connectivity index (χ4n) is 1.95. The molecule has 6 heteroatoms. The Kier molecular flexibility index (Phi) is 4.59. The van der Waals surface area contributed by atoms with Gasteiger partial charge in [-0.3, -0.25) is 0 Å². The molecule has 0 amide bonds. The Morgan fingerprint density at radius 1 is 1.19 bits per heavy atom. The van der Waals surface area contributed by atoms with Crippen LogP contribution in [-0.2, 0) is 16.6 Å². The molecular weight excluding hydrogens is 293 g/mol. The second-order valence-corrected chi connectivity index (χ2v) is 6.32. The number of halogens is 1. The van der Waals surface area contributed by atoms with Gasteiger partial charge in [0.25, 0.3) is 0 Å². The summed E-state index contributed by atoms with van der Waals surface area (Å²) in [6.45, 7) is 1.69. The van der Waals surface area contributed by atoms with Crippen LogP contribution in [0, 0.1) is 12.7 Å². The average Bonchev–Trinajstić information content (AvgIpc) is 2.45. The Bertz CT molecular complexity index is 744. The van der Waals surface area contributed by atoms with E-state index in [9.17, 15) is 12.8 Å². The normalized spacial score (nSPS) is 11.4. The van der Waals surface area contributed by atoms with Gasteiger partial charge in [0.1, 0.15) is 11.6 Å². The summed E-state index contributed by atoms with van der Waals surface area (Å²) in [5.74, 6) is 0.198. The Morgan fingerprint density at radius 2 is 1.95 bits per heavy atom. The molecule has 21 heavy (non-hydrogen) atoms. The van der Waals surface area contributed by atoms with Gasteiger partial charge < -0.3 is 4.74 Å². The van der Waals surface area contributed by atoms with E-state index in [0.717, 1.165) is 11.6 Å². The number of sulfonamides is 1. The largest absolute Gasteiger partial charge is 0.497 e. The van der Waals surface area contributed by atoms with Crippen LogP contribution in [0.15, 0.2) is 47.4 Å². The van der Waals surface area contributed by atoms with Gasteiger partial charge in [0, 0.05) is 6.54 Å². The molecule has 0 radical (unpaired) electrons. The first kappa shape index (κ1) is 15.5. The lowest BCUT2D eigenvalue weighted by Crippen LogP contribution is -2.24. The van der Waals surface area contributed by atoms with E-state index in [1.807, 2.05) is 0 Å². The maximum atomic E-state index is 13.0. The van der Waals surface area contributed by atoms with E-state index in [-0.39, 0.29) is 11.4 Å². The minimum atomic E-state index is -3.68. The molecule has 0 aromatic heterocycles. The van der Waals surface area contributed by atoms with Crippen LogP contribution >= 0.6 is 0 Å². The third-order valence-corrected chi connectivity index (χ3v) is 4.59. The molecule has 0 aliphatic heterocycles. The van der Waals surface area contributed by atoms with Crippen molar-refractivity contribution in [3.8, 4) is 5.75 Å². The molecule has 0 fully saturated rings. The van der Waals surface area contributed by atoms with Gasteiger partial charge in [-0.05, 0) is 48.4 Å². The van der Waals surface area contributed by atoms with Crippen molar-refractivity contribution in [1.82, 2.24) is 4.72 Å². The van der Waals surface area contributed by atoms with Crippen LogP contribution in [-0.4, -0.2) is 15.5 Å². The zero-order valence-electron chi connectivity index (χ0n) is 11.8. The maximum absolute atomic E-state index is 13.0. The van der Waals surface area contributed by atoms with Crippen LogP contribution in [0.3, 0.4) is 0 Å². The van der Waals surface area contributed by atoms with Crippen molar-refractivity contribution in [2.45, 2.75) is 18.4 Å². The van der Waals surface area contributed by atoms with E-state index in [1.54, 1.807) is 38.3 Å². The van der Waals surface area contributed by atoms with Gasteiger partial charge >= 0.3 is 0 Å². The second-order valence-electron chi connectivity index (χ2n) is 4.59. The van der Waals surface area contributed by atoms with Crippen LogP contribution in [0.2, 0.25) is 0 Å². The fourth-order valence-corrected chi connectivity index (χ4v) is 3.20. The molecule has 4 nitrogen and oxygen atoms in total. The number of ether oxygens (including phenoxy) is 1. The first-order chi connectivity index (χ1) is 9.92. The molecule has 0 unspecified atom stereocenters. The number of hydrogen-bond acceptors (Lipinski definition) is 3. The lowest BCUT2D eigenvalue weighted by Gasteiger charge is -2.10.